The molecule has 0 saturated carbocycles. The minimum atomic E-state index is -3.87. The van der Waals surface area contributed by atoms with Crippen molar-refractivity contribution in [3.63, 3.8) is 0 Å². The Bertz CT molecular complexity index is 1570. The van der Waals surface area contributed by atoms with Gasteiger partial charge in [-0.05, 0) is 29.0 Å². The first-order chi connectivity index (χ1) is 15.1. The van der Waals surface area contributed by atoms with Crippen LogP contribution in [0.15, 0.2) is 74.8 Å². The molecule has 0 saturated heterocycles. The fraction of sp³-hybridized carbons (Fsp3) is 0.0909. The van der Waals surface area contributed by atoms with Crippen LogP contribution in [0.5, 0.6) is 0 Å². The molecule has 162 valence electrons. The molecule has 0 N–H and O–H groups in total. The first kappa shape index (κ1) is 21.2. The smallest absolute Gasteiger partial charge is 0.338 e. The number of ether oxygens (including phenoxy) is 1. The fourth-order valence-corrected chi connectivity index (χ4v) is 4.29. The molecule has 3 aromatic carbocycles. The minimum absolute atomic E-state index is 0.193. The van der Waals surface area contributed by atoms with E-state index in [2.05, 4.69) is 0 Å². The van der Waals surface area contributed by atoms with E-state index >= 15 is 0 Å². The van der Waals surface area contributed by atoms with E-state index in [9.17, 15) is 28.1 Å². The Morgan fingerprint density at radius 2 is 1.84 bits per heavy atom. The van der Waals surface area contributed by atoms with E-state index in [0.717, 1.165) is 35.2 Å². The molecule has 0 radical (unpaired) electrons. The number of nitrogens with zero attached hydrogens (tertiary/aromatic N) is 1. The summed E-state index contributed by atoms with van der Waals surface area (Å²) in [6, 6.07) is 15.1. The molecule has 0 amide bonds. The highest BCUT2D eigenvalue weighted by molar-refractivity contribution is 7.90. The van der Waals surface area contributed by atoms with Gasteiger partial charge in [0.15, 0.2) is 9.84 Å². The van der Waals surface area contributed by atoms with Gasteiger partial charge >= 0.3 is 11.6 Å². The predicted molar refractivity (Wildman–Crippen MR) is 115 cm³/mol. The van der Waals surface area contributed by atoms with Crippen LogP contribution in [-0.2, 0) is 21.2 Å². The van der Waals surface area contributed by atoms with Crippen molar-refractivity contribution in [2.45, 2.75) is 11.5 Å². The number of carbonyl (C=O) groups excluding carboxylic acids is 1. The number of sulfone groups is 1. The number of carbonyl (C=O) groups is 1. The van der Waals surface area contributed by atoms with Gasteiger partial charge in [-0.25, -0.2) is 18.0 Å². The first-order valence-corrected chi connectivity index (χ1v) is 11.1. The lowest BCUT2D eigenvalue weighted by atomic mass is 10.0. The largest absolute Gasteiger partial charge is 0.457 e. The van der Waals surface area contributed by atoms with Gasteiger partial charge in [-0.3, -0.25) is 10.1 Å². The Hall–Kier alpha value is -4.05. The Morgan fingerprint density at radius 1 is 1.09 bits per heavy atom. The van der Waals surface area contributed by atoms with E-state index in [1.54, 1.807) is 12.1 Å². The fourth-order valence-electron chi connectivity index (χ4n) is 3.46. The summed E-state index contributed by atoms with van der Waals surface area (Å²) in [4.78, 5) is 34.4. The second kappa shape index (κ2) is 7.89. The maximum absolute atomic E-state index is 12.5. The van der Waals surface area contributed by atoms with Gasteiger partial charge in [0.05, 0.1) is 10.5 Å². The molecule has 4 rings (SSSR count). The van der Waals surface area contributed by atoms with E-state index in [4.69, 9.17) is 9.15 Å². The van der Waals surface area contributed by atoms with Crippen LogP contribution >= 0.6 is 0 Å². The normalized spacial score (nSPS) is 11.5. The topological polar surface area (TPSA) is 134 Å². The number of nitro benzene ring substituents is 1. The summed E-state index contributed by atoms with van der Waals surface area (Å²) in [6.45, 7) is -0.295. The zero-order valence-corrected chi connectivity index (χ0v) is 17.4. The van der Waals surface area contributed by atoms with Gasteiger partial charge in [-0.1, -0.05) is 30.3 Å². The summed E-state index contributed by atoms with van der Waals surface area (Å²) < 4.78 is 34.1. The molecule has 0 unspecified atom stereocenters. The van der Waals surface area contributed by atoms with Gasteiger partial charge in [0.2, 0.25) is 0 Å². The number of benzene rings is 3. The van der Waals surface area contributed by atoms with Crippen LogP contribution in [0.3, 0.4) is 0 Å². The predicted octanol–water partition coefficient (Wildman–Crippen LogP) is 3.61. The summed E-state index contributed by atoms with van der Waals surface area (Å²) in [5.41, 5.74) is -0.800. The molecule has 0 bridgehead atoms. The van der Waals surface area contributed by atoms with Crippen molar-refractivity contribution >= 4 is 43.2 Å². The number of hydrogen-bond donors (Lipinski definition) is 0. The molecule has 0 spiro atoms. The Labute approximate surface area is 180 Å². The van der Waals surface area contributed by atoms with Crippen molar-refractivity contribution in [1.29, 1.82) is 0 Å². The molecule has 1 heterocycles. The zero-order valence-electron chi connectivity index (χ0n) is 16.6. The van der Waals surface area contributed by atoms with Crippen molar-refractivity contribution in [1.82, 2.24) is 0 Å². The van der Waals surface area contributed by atoms with Gasteiger partial charge in [0, 0.05) is 29.3 Å². The molecule has 4 aromatic rings. The summed E-state index contributed by atoms with van der Waals surface area (Å²) in [7, 11) is -3.87. The third-order valence-corrected chi connectivity index (χ3v) is 6.01. The standard InChI is InChI=1S/C22H15NO8S/c1-32(28,29)19-9-7-14(10-17(19)23(26)27)22(25)30-12-15-11-20(24)31-18-8-6-13-4-2-3-5-16(13)21(15)18/h2-11H,12H2,1H3. The van der Waals surface area contributed by atoms with E-state index in [1.807, 2.05) is 24.3 Å². The summed E-state index contributed by atoms with van der Waals surface area (Å²) in [6.07, 6.45) is 0.837. The zero-order chi connectivity index (χ0) is 23.0. The van der Waals surface area contributed by atoms with Crippen LogP contribution in [0.2, 0.25) is 0 Å². The second-order valence-electron chi connectivity index (χ2n) is 7.04. The lowest BCUT2D eigenvalue weighted by Crippen LogP contribution is -2.10. The van der Waals surface area contributed by atoms with Crippen LogP contribution in [0.4, 0.5) is 5.69 Å². The summed E-state index contributed by atoms with van der Waals surface area (Å²) in [5, 5.41) is 13.6. The molecule has 0 fully saturated rings. The van der Waals surface area contributed by atoms with Crippen LogP contribution in [0.1, 0.15) is 15.9 Å². The van der Waals surface area contributed by atoms with Gasteiger partial charge in [-0.2, -0.15) is 0 Å². The van der Waals surface area contributed by atoms with Gasteiger partial charge in [0.25, 0.3) is 5.69 Å². The molecule has 0 atom stereocenters. The quantitative estimate of drug-likeness (QED) is 0.147. The van der Waals surface area contributed by atoms with Gasteiger partial charge in [0.1, 0.15) is 17.1 Å². The van der Waals surface area contributed by atoms with Crippen molar-refractivity contribution in [3.8, 4) is 0 Å². The van der Waals surface area contributed by atoms with Crippen molar-refractivity contribution < 1.29 is 27.3 Å². The third-order valence-electron chi connectivity index (χ3n) is 4.86. The minimum Gasteiger partial charge on any atom is -0.457 e. The average Bonchev–Trinajstić information content (AvgIpc) is 2.75. The third kappa shape index (κ3) is 3.95. The van der Waals surface area contributed by atoms with Crippen LogP contribution < -0.4 is 5.63 Å². The summed E-state index contributed by atoms with van der Waals surface area (Å²) >= 11 is 0. The number of fused-ring (bicyclic) bond motifs is 3. The molecule has 10 heteroatoms. The Balaban J connectivity index is 1.71. The highest BCUT2D eigenvalue weighted by atomic mass is 32.2. The van der Waals surface area contributed by atoms with E-state index in [1.165, 1.54) is 6.07 Å². The number of rotatable bonds is 5. The molecular formula is C22H15NO8S. The van der Waals surface area contributed by atoms with Crippen LogP contribution in [0.25, 0.3) is 21.7 Å². The van der Waals surface area contributed by atoms with Crippen molar-refractivity contribution in [2.75, 3.05) is 6.26 Å². The lowest BCUT2D eigenvalue weighted by Gasteiger charge is -2.10. The van der Waals surface area contributed by atoms with Crippen molar-refractivity contribution in [3.05, 3.63) is 92.3 Å². The number of nitro groups is 1. The number of hydrogen-bond acceptors (Lipinski definition) is 8. The number of esters is 1. The molecule has 1 aromatic heterocycles. The van der Waals surface area contributed by atoms with Crippen LogP contribution in [0, 0.1) is 10.1 Å². The molecule has 0 aliphatic heterocycles. The second-order valence-corrected chi connectivity index (χ2v) is 9.02. The van der Waals surface area contributed by atoms with E-state index in [-0.39, 0.29) is 12.2 Å². The van der Waals surface area contributed by atoms with Crippen molar-refractivity contribution in [2.24, 2.45) is 0 Å². The first-order valence-electron chi connectivity index (χ1n) is 9.25. The molecule has 32 heavy (non-hydrogen) atoms. The monoisotopic (exact) mass is 453 g/mol. The highest BCUT2D eigenvalue weighted by Crippen LogP contribution is 2.29. The Morgan fingerprint density at radius 3 is 2.56 bits per heavy atom. The highest BCUT2D eigenvalue weighted by Gasteiger charge is 2.24. The molecule has 0 aliphatic rings. The van der Waals surface area contributed by atoms with Gasteiger partial charge < -0.3 is 9.15 Å². The maximum atomic E-state index is 12.5. The van der Waals surface area contributed by atoms with E-state index < -0.39 is 36.9 Å². The molecule has 9 nitrogen and oxygen atoms in total. The van der Waals surface area contributed by atoms with Gasteiger partial charge in [-0.15, -0.1) is 0 Å². The maximum Gasteiger partial charge on any atom is 0.338 e. The SMILES string of the molecule is CS(=O)(=O)c1ccc(C(=O)OCc2cc(=O)oc3ccc4ccccc4c23)cc1[N+](=O)[O-]. The average molecular weight is 453 g/mol. The lowest BCUT2D eigenvalue weighted by molar-refractivity contribution is -0.387. The molecular weight excluding hydrogens is 438 g/mol. The summed E-state index contributed by atoms with van der Waals surface area (Å²) in [5.74, 6) is -0.908. The Kier molecular flexibility index (Phi) is 5.23. The van der Waals surface area contributed by atoms with E-state index in [0.29, 0.717) is 16.5 Å². The van der Waals surface area contributed by atoms with Crippen LogP contribution in [-0.4, -0.2) is 25.6 Å². The molecule has 0 aliphatic carbocycles.